The molecule has 4 bridgehead atoms. The normalized spacial score (nSPS) is 14.4. The molecule has 0 radical (unpaired) electrons. The molecule has 0 saturated carbocycles. The summed E-state index contributed by atoms with van der Waals surface area (Å²) in [6, 6.07) is 154. The lowest BCUT2D eigenvalue weighted by molar-refractivity contribution is 0.754. The molecular weight excluding hydrogens is 1720 g/mol. The Kier molecular flexibility index (Phi) is 19.3. The van der Waals surface area contributed by atoms with Gasteiger partial charge in [-0.2, -0.15) is 0 Å². The van der Waals surface area contributed by atoms with Crippen LogP contribution in [0.2, 0.25) is 0 Å². The standard InChI is InChI=1S/2C62H38N6S/c1-4-16-37(17-5-1)57-63-58(38-18-6-2-7-19-38)65-60(64-57)41-29-32-48-51(34-41)55-46-24-11-12-25-47(46)56(48)52-35-42(30-33-49(52)55)61-66-59(39-20-8-3-9-21-39)67-62(68-61)50-26-13-10-22-43(50)40-28-31-45-44-23-14-15-27-53(44)69-54(45)36-40;1-4-15-37(16-5-1)57-63-58(38-17-6-2-7-18-38)66-61(65-57)43-28-31-49-51(34-43)55-47-24-10-11-25-48(47)56(49)52-35-44(29-32-50(52)55)62-67-59(39-19-8-3-9-20-39)64-60(68-62)42-22-14-21-40(33-42)41-27-30-46-45-23-12-13-26-53(45)69-54(46)36-41/h2*1-36,55-56H. The Morgan fingerprint density at radius 3 is 0.674 bits per heavy atom. The summed E-state index contributed by atoms with van der Waals surface area (Å²) in [5.74, 6) is 7.81. The van der Waals surface area contributed by atoms with Crippen LogP contribution < -0.4 is 0 Å². The zero-order chi connectivity index (χ0) is 90.8. The van der Waals surface area contributed by atoms with Crippen molar-refractivity contribution in [1.82, 2.24) is 59.8 Å². The second-order valence-corrected chi connectivity index (χ2v) is 37.7. The summed E-state index contributed by atoms with van der Waals surface area (Å²) >= 11 is 3.66. The van der Waals surface area contributed by atoms with Crippen molar-refractivity contribution in [3.63, 3.8) is 0 Å². The monoisotopic (exact) mass is 1800 g/mol. The van der Waals surface area contributed by atoms with Gasteiger partial charge in [0.1, 0.15) is 0 Å². The van der Waals surface area contributed by atoms with Gasteiger partial charge >= 0.3 is 0 Å². The summed E-state index contributed by atoms with van der Waals surface area (Å²) in [5.41, 5.74) is 31.5. The summed E-state index contributed by atoms with van der Waals surface area (Å²) in [7, 11) is 0. The van der Waals surface area contributed by atoms with Crippen molar-refractivity contribution in [2.75, 3.05) is 0 Å². The first kappa shape index (κ1) is 80.1. The number of fused-ring (bicyclic) bond motifs is 6. The smallest absolute Gasteiger partial charge is 0.164 e. The molecule has 18 aromatic carbocycles. The number of hydrogen-bond donors (Lipinski definition) is 0. The Balaban J connectivity index is 0.000000139. The molecular formula is C124H76N12S2. The highest BCUT2D eigenvalue weighted by molar-refractivity contribution is 7.26. The average molecular weight is 1800 g/mol. The van der Waals surface area contributed by atoms with Gasteiger partial charge in [0.25, 0.3) is 0 Å². The third-order valence-corrected chi connectivity index (χ3v) is 29.8. The summed E-state index contributed by atoms with van der Waals surface area (Å²) in [4.78, 5) is 61.7. The van der Waals surface area contributed by atoms with Crippen molar-refractivity contribution in [3.05, 3.63) is 504 Å². The Morgan fingerprint density at radius 1 is 0.123 bits per heavy atom. The lowest BCUT2D eigenvalue weighted by Gasteiger charge is -2.42. The van der Waals surface area contributed by atoms with Crippen LogP contribution in [-0.2, 0) is 0 Å². The van der Waals surface area contributed by atoms with Crippen molar-refractivity contribution < 1.29 is 0 Å². The van der Waals surface area contributed by atoms with Crippen LogP contribution in [-0.4, -0.2) is 59.8 Å². The van der Waals surface area contributed by atoms with Crippen molar-refractivity contribution in [1.29, 1.82) is 0 Å². The van der Waals surface area contributed by atoms with E-state index in [1.165, 1.54) is 107 Å². The van der Waals surface area contributed by atoms with E-state index in [0.29, 0.717) is 69.9 Å². The molecule has 6 aromatic heterocycles. The molecule has 6 heterocycles. The Morgan fingerprint density at radius 2 is 0.341 bits per heavy atom. The fourth-order valence-corrected chi connectivity index (χ4v) is 23.4. The van der Waals surface area contributed by atoms with Gasteiger partial charge in [0.15, 0.2) is 69.9 Å². The van der Waals surface area contributed by atoms with Gasteiger partial charge in [0.05, 0.1) is 0 Å². The molecule has 0 spiro atoms. The highest BCUT2D eigenvalue weighted by atomic mass is 32.1. The predicted molar refractivity (Wildman–Crippen MR) is 558 cm³/mol. The number of rotatable bonds is 14. The van der Waals surface area contributed by atoms with Crippen molar-refractivity contribution in [2.45, 2.75) is 23.7 Å². The van der Waals surface area contributed by atoms with E-state index >= 15 is 0 Å². The molecule has 12 nitrogen and oxygen atoms in total. The molecule has 4 atom stereocenters. The molecule has 6 aliphatic carbocycles. The van der Waals surface area contributed by atoms with E-state index in [1.54, 1.807) is 0 Å². The zero-order valence-corrected chi connectivity index (χ0v) is 75.7. The molecule has 14 heteroatoms. The molecule has 0 saturated heterocycles. The van der Waals surface area contributed by atoms with Crippen molar-refractivity contribution in [2.24, 2.45) is 0 Å². The van der Waals surface area contributed by atoms with E-state index in [1.807, 2.05) is 156 Å². The first-order valence-electron chi connectivity index (χ1n) is 46.5. The Bertz CT molecular complexity index is 8880. The van der Waals surface area contributed by atoms with Gasteiger partial charge in [-0.05, 0) is 144 Å². The van der Waals surface area contributed by atoms with Crippen LogP contribution in [0.25, 0.3) is 199 Å². The lowest BCUT2D eigenvalue weighted by atomic mass is 9.61. The van der Waals surface area contributed by atoms with E-state index in [-0.39, 0.29) is 23.7 Å². The quantitative estimate of drug-likeness (QED) is 0.102. The molecule has 6 aliphatic rings. The topological polar surface area (TPSA) is 155 Å². The van der Waals surface area contributed by atoms with E-state index in [4.69, 9.17) is 59.8 Å². The molecule has 138 heavy (non-hydrogen) atoms. The first-order chi connectivity index (χ1) is 68.3. The Labute approximate surface area is 803 Å². The predicted octanol–water partition coefficient (Wildman–Crippen LogP) is 30.2. The number of benzene rings is 18. The van der Waals surface area contributed by atoms with Crippen molar-refractivity contribution >= 4 is 63.0 Å². The molecule has 0 N–H and O–H groups in total. The van der Waals surface area contributed by atoms with Gasteiger partial charge in [-0.15, -0.1) is 22.7 Å². The first-order valence-corrected chi connectivity index (χ1v) is 48.1. The zero-order valence-electron chi connectivity index (χ0n) is 74.1. The summed E-state index contributed by atoms with van der Waals surface area (Å²) < 4.78 is 5.12. The second-order valence-electron chi connectivity index (χ2n) is 35.5. The van der Waals surface area contributed by atoms with Crippen LogP contribution >= 0.6 is 22.7 Å². The maximum absolute atomic E-state index is 5.35. The summed E-state index contributed by atoms with van der Waals surface area (Å²) in [5, 5.41) is 5.15. The van der Waals surface area contributed by atoms with Crippen LogP contribution in [0.3, 0.4) is 0 Å². The SMILES string of the molecule is c1ccc(-c2nc(-c3ccccc3)nc(-c3ccc4c(c3)C3c5ccccc5C4c4cc(-c5nc(-c6ccccc6)nc(-c6cccc(-c7ccc8c(c7)sc7ccccc78)c6)n5)ccc43)n2)cc1.c1ccc(-c2nc(-c3ccccc3)nc(-c3ccc4c(c3)C3c5ccccc5C4c4cc(-c5nc(-c6ccccc6)nc(-c6ccccc6-c6ccc7c(c6)sc6ccccc67)n5)ccc43)n2)cc1. The van der Waals surface area contributed by atoms with Gasteiger partial charge < -0.3 is 0 Å². The van der Waals surface area contributed by atoms with Crippen LogP contribution in [0.15, 0.2) is 437 Å². The molecule has 24 aromatic rings. The van der Waals surface area contributed by atoms with Crippen LogP contribution in [0.4, 0.5) is 0 Å². The third kappa shape index (κ3) is 14.0. The third-order valence-electron chi connectivity index (χ3n) is 27.5. The minimum Gasteiger partial charge on any atom is -0.208 e. The highest BCUT2D eigenvalue weighted by Crippen LogP contribution is 2.59. The van der Waals surface area contributed by atoms with Gasteiger partial charge in [-0.25, -0.2) is 59.8 Å². The van der Waals surface area contributed by atoms with Gasteiger partial charge in [0, 0.05) is 131 Å². The maximum Gasteiger partial charge on any atom is 0.164 e. The van der Waals surface area contributed by atoms with E-state index in [9.17, 15) is 0 Å². The molecule has 30 rings (SSSR count). The molecule has 4 unspecified atom stereocenters. The Hall–Kier alpha value is -17.6. The number of aromatic nitrogens is 12. The van der Waals surface area contributed by atoms with E-state index < -0.39 is 0 Å². The fourth-order valence-electron chi connectivity index (χ4n) is 21.1. The maximum atomic E-state index is 5.35. The fraction of sp³-hybridized carbons (Fsp3) is 0.0323. The van der Waals surface area contributed by atoms with Gasteiger partial charge in [-0.1, -0.05) is 382 Å². The van der Waals surface area contributed by atoms with Crippen LogP contribution in [0.1, 0.15) is 90.4 Å². The average Bonchev–Trinajstić information content (AvgIpc) is 0.908. The van der Waals surface area contributed by atoms with Gasteiger partial charge in [-0.3, -0.25) is 0 Å². The van der Waals surface area contributed by atoms with Gasteiger partial charge in [0.2, 0.25) is 0 Å². The number of nitrogens with zero attached hydrogens (tertiary/aromatic N) is 12. The molecule has 0 aliphatic heterocycles. The minimum atomic E-state index is 0.0164. The highest BCUT2D eigenvalue weighted by Gasteiger charge is 2.44. The van der Waals surface area contributed by atoms with E-state index in [0.717, 1.165) is 89.0 Å². The molecule has 0 fully saturated rings. The van der Waals surface area contributed by atoms with Crippen molar-refractivity contribution in [3.8, 4) is 159 Å². The number of thiophene rings is 2. The second kappa shape index (κ2) is 33.3. The largest absolute Gasteiger partial charge is 0.208 e. The number of hydrogen-bond acceptors (Lipinski definition) is 14. The lowest BCUT2D eigenvalue weighted by Crippen LogP contribution is -2.27. The van der Waals surface area contributed by atoms with Crippen LogP contribution in [0.5, 0.6) is 0 Å². The summed E-state index contributed by atoms with van der Waals surface area (Å²) in [6.45, 7) is 0. The van der Waals surface area contributed by atoms with E-state index in [2.05, 4.69) is 303 Å². The summed E-state index contributed by atoms with van der Waals surface area (Å²) in [6.07, 6.45) is 0. The minimum absolute atomic E-state index is 0.0164. The molecule has 0 amide bonds. The molecule has 644 valence electrons. The van der Waals surface area contributed by atoms with Crippen LogP contribution in [0, 0.1) is 0 Å².